The van der Waals surface area contributed by atoms with E-state index in [9.17, 15) is 9.18 Å². The van der Waals surface area contributed by atoms with Crippen LogP contribution in [0.1, 0.15) is 0 Å². The fraction of sp³-hybridized carbons (Fsp3) is 0. The predicted octanol–water partition coefficient (Wildman–Crippen LogP) is 0.726. The highest BCUT2D eigenvalue weighted by atomic mass is 19.1. The van der Waals surface area contributed by atoms with Crippen LogP contribution in [0.25, 0.3) is 11.0 Å². The summed E-state index contributed by atoms with van der Waals surface area (Å²) < 4.78 is 17.4. The van der Waals surface area contributed by atoms with Crippen molar-refractivity contribution in [2.45, 2.75) is 0 Å². The third-order valence-electron chi connectivity index (χ3n) is 1.72. The average molecular weight is 174 g/mol. The highest BCUT2D eigenvalue weighted by Crippen LogP contribution is 2.11. The van der Waals surface area contributed by atoms with Gasteiger partial charge < -0.3 is 4.42 Å². The number of halogens is 1. The third-order valence-corrected chi connectivity index (χ3v) is 1.72. The Morgan fingerprint density at radius 1 is 1.31 bits per heavy atom. The number of benzene rings is 1. The smallest absolute Gasteiger partial charge is 0.328 e. The Morgan fingerprint density at radius 2 is 2.08 bits per heavy atom. The van der Waals surface area contributed by atoms with Crippen molar-refractivity contribution >= 4 is 24.3 Å². The van der Waals surface area contributed by atoms with E-state index in [1.165, 1.54) is 18.2 Å². The van der Waals surface area contributed by atoms with E-state index in [1.807, 2.05) is 0 Å². The van der Waals surface area contributed by atoms with Crippen molar-refractivity contribution in [1.29, 1.82) is 0 Å². The van der Waals surface area contributed by atoms with Crippen LogP contribution in [-0.2, 0) is 0 Å². The molecule has 0 aliphatic heterocycles. The van der Waals surface area contributed by atoms with Gasteiger partial charge in [0.1, 0.15) is 19.2 Å². The molecular formula is C9H4BFO2. The van der Waals surface area contributed by atoms with Gasteiger partial charge in [-0.2, -0.15) is 0 Å². The highest BCUT2D eigenvalue weighted by Gasteiger charge is 2.01. The Kier molecular flexibility index (Phi) is 1.69. The van der Waals surface area contributed by atoms with Crippen molar-refractivity contribution in [2.24, 2.45) is 0 Å². The van der Waals surface area contributed by atoms with Crippen LogP contribution < -0.4 is 11.1 Å². The monoisotopic (exact) mass is 174 g/mol. The van der Waals surface area contributed by atoms with E-state index in [4.69, 9.17) is 12.3 Å². The second kappa shape index (κ2) is 2.73. The summed E-state index contributed by atoms with van der Waals surface area (Å²) in [5.74, 6) is -0.444. The lowest BCUT2D eigenvalue weighted by Crippen LogP contribution is -2.23. The Bertz CT molecular complexity index is 518. The molecule has 1 heterocycles. The lowest BCUT2D eigenvalue weighted by Gasteiger charge is -1.97. The Morgan fingerprint density at radius 3 is 2.85 bits per heavy atom. The molecule has 2 rings (SSSR count). The van der Waals surface area contributed by atoms with Gasteiger partial charge in [-0.25, -0.2) is 9.18 Å². The topological polar surface area (TPSA) is 30.2 Å². The summed E-state index contributed by atoms with van der Waals surface area (Å²) in [4.78, 5) is 10.9. The van der Waals surface area contributed by atoms with Gasteiger partial charge in [0.15, 0.2) is 0 Å². The van der Waals surface area contributed by atoms with Gasteiger partial charge in [-0.3, -0.25) is 0 Å². The van der Waals surface area contributed by atoms with Gasteiger partial charge in [0.25, 0.3) is 0 Å². The average Bonchev–Trinajstić information content (AvgIpc) is 2.08. The van der Waals surface area contributed by atoms with Crippen LogP contribution in [0.4, 0.5) is 4.39 Å². The van der Waals surface area contributed by atoms with E-state index in [-0.39, 0.29) is 11.0 Å². The molecule has 0 fully saturated rings. The first kappa shape index (κ1) is 8.04. The van der Waals surface area contributed by atoms with Crippen molar-refractivity contribution in [1.82, 2.24) is 0 Å². The molecule has 4 heteroatoms. The molecule has 0 atom stereocenters. The van der Waals surface area contributed by atoms with E-state index in [0.717, 1.165) is 6.07 Å². The zero-order valence-electron chi connectivity index (χ0n) is 6.58. The highest BCUT2D eigenvalue weighted by molar-refractivity contribution is 6.32. The number of hydrogen-bond acceptors (Lipinski definition) is 2. The Balaban J connectivity index is 2.89. The maximum atomic E-state index is 12.7. The van der Waals surface area contributed by atoms with Crippen molar-refractivity contribution < 1.29 is 8.81 Å². The normalized spacial score (nSPS) is 10.5. The Labute approximate surface area is 74.4 Å². The molecule has 2 radical (unpaired) electrons. The first-order chi connectivity index (χ1) is 6.16. The lowest BCUT2D eigenvalue weighted by molar-refractivity contribution is 0.559. The van der Waals surface area contributed by atoms with Gasteiger partial charge in [0.2, 0.25) is 0 Å². The van der Waals surface area contributed by atoms with Gasteiger partial charge in [0.05, 0.1) is 0 Å². The predicted molar refractivity (Wildman–Crippen MR) is 47.8 cm³/mol. The lowest BCUT2D eigenvalue weighted by atomic mass is 9.97. The molecule has 0 bridgehead atoms. The second-order valence-corrected chi connectivity index (χ2v) is 2.67. The molecular weight excluding hydrogens is 170 g/mol. The summed E-state index contributed by atoms with van der Waals surface area (Å²) in [5.41, 5.74) is -0.406. The van der Waals surface area contributed by atoms with Gasteiger partial charge in [-0.05, 0) is 17.6 Å². The van der Waals surface area contributed by atoms with E-state index in [2.05, 4.69) is 0 Å². The van der Waals surface area contributed by atoms with E-state index in [1.54, 1.807) is 0 Å². The van der Waals surface area contributed by atoms with E-state index < -0.39 is 11.4 Å². The van der Waals surface area contributed by atoms with Crippen LogP contribution in [0.15, 0.2) is 33.5 Å². The van der Waals surface area contributed by atoms with Crippen LogP contribution in [0, 0.1) is 5.82 Å². The molecule has 0 N–H and O–H groups in total. The maximum absolute atomic E-state index is 12.7. The number of hydrogen-bond donors (Lipinski definition) is 0. The van der Waals surface area contributed by atoms with Crippen LogP contribution in [0.5, 0.6) is 0 Å². The quantitative estimate of drug-likeness (QED) is 0.435. The van der Waals surface area contributed by atoms with E-state index >= 15 is 0 Å². The van der Waals surface area contributed by atoms with Gasteiger partial charge in [-0.1, -0.05) is 6.07 Å². The second-order valence-electron chi connectivity index (χ2n) is 2.67. The minimum Gasteiger partial charge on any atom is -0.423 e. The minimum absolute atomic E-state index is 0.0270. The molecule has 0 saturated heterocycles. The molecule has 0 saturated carbocycles. The number of rotatable bonds is 0. The first-order valence-electron chi connectivity index (χ1n) is 3.66. The molecule has 0 aliphatic carbocycles. The molecule has 1 aromatic heterocycles. The maximum Gasteiger partial charge on any atom is 0.328 e. The van der Waals surface area contributed by atoms with Gasteiger partial charge >= 0.3 is 5.63 Å². The SMILES string of the molecule is [B]c1cc2ccc(F)cc2oc1=O. The molecule has 0 amide bonds. The van der Waals surface area contributed by atoms with Crippen LogP contribution in [0.3, 0.4) is 0 Å². The standard InChI is InChI=1S/C9H4BFO2/c10-7-3-5-1-2-6(11)4-8(5)13-9(7)12/h1-4H. The third kappa shape index (κ3) is 1.35. The summed E-state index contributed by atoms with van der Waals surface area (Å²) >= 11 is 0. The first-order valence-corrected chi connectivity index (χ1v) is 3.66. The largest absolute Gasteiger partial charge is 0.423 e. The molecule has 13 heavy (non-hydrogen) atoms. The minimum atomic E-state index is -0.641. The molecule has 62 valence electrons. The molecule has 2 nitrogen and oxygen atoms in total. The summed E-state index contributed by atoms with van der Waals surface area (Å²) in [6, 6.07) is 5.39. The zero-order chi connectivity index (χ0) is 9.42. The van der Waals surface area contributed by atoms with Crippen LogP contribution in [-0.4, -0.2) is 7.85 Å². The van der Waals surface area contributed by atoms with Crippen LogP contribution >= 0.6 is 0 Å². The zero-order valence-corrected chi connectivity index (χ0v) is 6.58. The molecule has 2 aromatic rings. The number of fused-ring (bicyclic) bond motifs is 1. The van der Waals surface area contributed by atoms with Crippen molar-refractivity contribution in [3.05, 3.63) is 40.5 Å². The van der Waals surface area contributed by atoms with E-state index in [0.29, 0.717) is 5.39 Å². The van der Waals surface area contributed by atoms with Gasteiger partial charge in [0, 0.05) is 11.5 Å². The van der Waals surface area contributed by atoms with Crippen molar-refractivity contribution in [3.8, 4) is 0 Å². The van der Waals surface area contributed by atoms with Crippen molar-refractivity contribution in [3.63, 3.8) is 0 Å². The molecule has 0 unspecified atom stereocenters. The van der Waals surface area contributed by atoms with Crippen molar-refractivity contribution in [2.75, 3.05) is 0 Å². The van der Waals surface area contributed by atoms with Gasteiger partial charge in [-0.15, -0.1) is 0 Å². The fourth-order valence-electron chi connectivity index (χ4n) is 1.10. The Hall–Kier alpha value is -1.58. The fourth-order valence-corrected chi connectivity index (χ4v) is 1.10. The summed E-state index contributed by atoms with van der Waals surface area (Å²) in [7, 11) is 5.32. The molecule has 0 spiro atoms. The molecule has 1 aromatic carbocycles. The van der Waals surface area contributed by atoms with Crippen LogP contribution in [0.2, 0.25) is 0 Å². The summed E-state index contributed by atoms with van der Waals surface area (Å²) in [5, 5.41) is 0.610. The summed E-state index contributed by atoms with van der Waals surface area (Å²) in [6.45, 7) is 0. The molecule has 0 aliphatic rings. The summed E-state index contributed by atoms with van der Waals surface area (Å²) in [6.07, 6.45) is 0.